The molecule has 2 aliphatic rings. The van der Waals surface area contributed by atoms with E-state index >= 15 is 0 Å². The summed E-state index contributed by atoms with van der Waals surface area (Å²) in [6.45, 7) is 2.80. The number of para-hydroxylation sites is 2. The second kappa shape index (κ2) is 6.50. The highest BCUT2D eigenvalue weighted by Gasteiger charge is 2.46. The first kappa shape index (κ1) is 16.5. The molecule has 0 unspecified atom stereocenters. The number of benzene rings is 2. The number of nitrogens with zero attached hydrogens (tertiary/aromatic N) is 2. The molecule has 1 spiro atoms. The van der Waals surface area contributed by atoms with Gasteiger partial charge in [-0.1, -0.05) is 42.5 Å². The second-order valence-electron chi connectivity index (χ2n) is 7.91. The predicted octanol–water partition coefficient (Wildman–Crippen LogP) is 3.20. The number of carbonyl (C=O) groups is 1. The van der Waals surface area contributed by atoms with E-state index in [1.807, 2.05) is 36.4 Å². The number of fused-ring (bicyclic) bond motifs is 1. The molecule has 1 amide bonds. The summed E-state index contributed by atoms with van der Waals surface area (Å²) in [5, 5.41) is 3.33. The van der Waals surface area contributed by atoms with E-state index in [1.165, 1.54) is 0 Å². The Morgan fingerprint density at radius 2 is 1.78 bits per heavy atom. The van der Waals surface area contributed by atoms with Crippen molar-refractivity contribution in [3.05, 3.63) is 66.0 Å². The lowest BCUT2D eigenvalue weighted by Crippen LogP contribution is -2.50. The normalized spacial score (nSPS) is 22.4. The smallest absolute Gasteiger partial charge is 0.228 e. The Bertz CT molecular complexity index is 924. The monoisotopic (exact) mass is 360 g/mol. The van der Waals surface area contributed by atoms with Crippen molar-refractivity contribution in [2.75, 3.05) is 13.1 Å². The van der Waals surface area contributed by atoms with E-state index in [0.29, 0.717) is 0 Å². The SMILES string of the molecule is O=C1NC2(CCN(Cc3nc4ccccc4[nH]3)CC2)C[C@H]1c1ccccc1. The van der Waals surface area contributed by atoms with Gasteiger partial charge in [0.1, 0.15) is 5.82 Å². The summed E-state index contributed by atoms with van der Waals surface area (Å²) in [6, 6.07) is 18.3. The molecule has 2 aromatic carbocycles. The summed E-state index contributed by atoms with van der Waals surface area (Å²) in [5.41, 5.74) is 3.21. The molecule has 0 saturated carbocycles. The van der Waals surface area contributed by atoms with Crippen LogP contribution in [0.4, 0.5) is 0 Å². The van der Waals surface area contributed by atoms with E-state index in [1.54, 1.807) is 0 Å². The largest absolute Gasteiger partial charge is 0.350 e. The van der Waals surface area contributed by atoms with Gasteiger partial charge < -0.3 is 10.3 Å². The number of likely N-dealkylation sites (tertiary alicyclic amines) is 1. The minimum absolute atomic E-state index is 0.00637. The first-order valence-electron chi connectivity index (χ1n) is 9.74. The molecule has 1 atom stereocenters. The van der Waals surface area contributed by atoms with Gasteiger partial charge in [0.15, 0.2) is 0 Å². The fourth-order valence-electron chi connectivity index (χ4n) is 4.60. The van der Waals surface area contributed by atoms with Crippen LogP contribution in [0.15, 0.2) is 54.6 Å². The first-order valence-corrected chi connectivity index (χ1v) is 9.74. The van der Waals surface area contributed by atoms with Gasteiger partial charge in [0.25, 0.3) is 0 Å². The molecule has 0 bridgehead atoms. The molecular weight excluding hydrogens is 336 g/mol. The number of hydrogen-bond acceptors (Lipinski definition) is 3. The van der Waals surface area contributed by atoms with Crippen LogP contribution in [0.1, 0.15) is 36.6 Å². The van der Waals surface area contributed by atoms with Gasteiger partial charge in [0, 0.05) is 18.6 Å². The van der Waals surface area contributed by atoms with Crippen molar-refractivity contribution in [1.82, 2.24) is 20.2 Å². The Morgan fingerprint density at radius 1 is 1.04 bits per heavy atom. The molecular formula is C22H24N4O. The van der Waals surface area contributed by atoms with Crippen LogP contribution < -0.4 is 5.32 Å². The number of hydrogen-bond donors (Lipinski definition) is 2. The van der Waals surface area contributed by atoms with E-state index in [4.69, 9.17) is 4.98 Å². The van der Waals surface area contributed by atoms with Crippen LogP contribution in [0.5, 0.6) is 0 Å². The number of imidazole rings is 1. The number of nitrogens with one attached hydrogen (secondary N) is 2. The summed E-state index contributed by atoms with van der Waals surface area (Å²) in [7, 11) is 0. The number of amides is 1. The van der Waals surface area contributed by atoms with Crippen molar-refractivity contribution in [2.45, 2.75) is 37.3 Å². The van der Waals surface area contributed by atoms with Crippen molar-refractivity contribution in [3.8, 4) is 0 Å². The Labute approximate surface area is 158 Å². The Kier molecular flexibility index (Phi) is 3.97. The van der Waals surface area contributed by atoms with Crippen LogP contribution in [0.3, 0.4) is 0 Å². The summed E-state index contributed by atoms with van der Waals surface area (Å²) in [5.74, 6) is 1.20. The number of aromatic amines is 1. The zero-order valence-electron chi connectivity index (χ0n) is 15.3. The van der Waals surface area contributed by atoms with Gasteiger partial charge in [0.05, 0.1) is 23.5 Å². The maximum Gasteiger partial charge on any atom is 0.228 e. The lowest BCUT2D eigenvalue weighted by molar-refractivity contribution is -0.121. The van der Waals surface area contributed by atoms with E-state index in [0.717, 1.165) is 61.3 Å². The van der Waals surface area contributed by atoms with Crippen LogP contribution in [-0.2, 0) is 11.3 Å². The molecule has 1 aromatic heterocycles. The van der Waals surface area contributed by atoms with E-state index in [2.05, 4.69) is 33.4 Å². The van der Waals surface area contributed by atoms with Gasteiger partial charge >= 0.3 is 0 Å². The number of carbonyl (C=O) groups excluding carboxylic acids is 1. The molecule has 138 valence electrons. The number of H-pyrrole nitrogens is 1. The van der Waals surface area contributed by atoms with Crippen molar-refractivity contribution in [3.63, 3.8) is 0 Å². The molecule has 27 heavy (non-hydrogen) atoms. The molecule has 5 nitrogen and oxygen atoms in total. The van der Waals surface area contributed by atoms with Crippen LogP contribution >= 0.6 is 0 Å². The average Bonchev–Trinajstić information content (AvgIpc) is 3.25. The van der Waals surface area contributed by atoms with Crippen LogP contribution in [-0.4, -0.2) is 39.4 Å². The molecule has 2 fully saturated rings. The van der Waals surface area contributed by atoms with Gasteiger partial charge in [-0.15, -0.1) is 0 Å². The Balaban J connectivity index is 1.24. The molecule has 3 aromatic rings. The maximum atomic E-state index is 12.6. The minimum Gasteiger partial charge on any atom is -0.350 e. The highest BCUT2D eigenvalue weighted by atomic mass is 16.2. The fourth-order valence-corrected chi connectivity index (χ4v) is 4.60. The van der Waals surface area contributed by atoms with Crippen LogP contribution in [0.2, 0.25) is 0 Å². The third kappa shape index (κ3) is 3.12. The molecule has 5 heteroatoms. The lowest BCUT2D eigenvalue weighted by Gasteiger charge is -2.39. The molecule has 3 heterocycles. The minimum atomic E-state index is -0.0397. The lowest BCUT2D eigenvalue weighted by atomic mass is 9.82. The highest BCUT2D eigenvalue weighted by molar-refractivity contribution is 5.87. The van der Waals surface area contributed by atoms with Gasteiger partial charge in [-0.2, -0.15) is 0 Å². The second-order valence-corrected chi connectivity index (χ2v) is 7.91. The molecule has 2 saturated heterocycles. The summed E-state index contributed by atoms with van der Waals surface area (Å²) >= 11 is 0. The number of rotatable bonds is 3. The average molecular weight is 360 g/mol. The standard InChI is InChI=1S/C22H24N4O/c27-21-17(16-6-2-1-3-7-16)14-22(25-21)10-12-26(13-11-22)15-20-23-18-8-4-5-9-19(18)24-20/h1-9,17H,10-15H2,(H,23,24)(H,25,27)/t17-/m0/s1. The zero-order valence-corrected chi connectivity index (χ0v) is 15.3. The van der Waals surface area contributed by atoms with Gasteiger partial charge in [-0.25, -0.2) is 4.98 Å². The molecule has 5 rings (SSSR count). The Morgan fingerprint density at radius 3 is 2.56 bits per heavy atom. The summed E-state index contributed by atoms with van der Waals surface area (Å²) < 4.78 is 0. The van der Waals surface area contributed by atoms with Crippen LogP contribution in [0.25, 0.3) is 11.0 Å². The summed E-state index contributed by atoms with van der Waals surface area (Å²) in [4.78, 5) is 23.1. The summed E-state index contributed by atoms with van der Waals surface area (Å²) in [6.07, 6.45) is 2.92. The van der Waals surface area contributed by atoms with E-state index in [-0.39, 0.29) is 17.4 Å². The highest BCUT2D eigenvalue weighted by Crippen LogP contribution is 2.39. The van der Waals surface area contributed by atoms with Crippen molar-refractivity contribution in [1.29, 1.82) is 0 Å². The first-order chi connectivity index (χ1) is 13.2. The number of piperidine rings is 1. The molecule has 0 aliphatic carbocycles. The quantitative estimate of drug-likeness (QED) is 0.754. The van der Waals surface area contributed by atoms with Crippen molar-refractivity contribution >= 4 is 16.9 Å². The van der Waals surface area contributed by atoms with Gasteiger partial charge in [0.2, 0.25) is 5.91 Å². The van der Waals surface area contributed by atoms with Gasteiger partial charge in [-0.05, 0) is 37.0 Å². The predicted molar refractivity (Wildman–Crippen MR) is 105 cm³/mol. The van der Waals surface area contributed by atoms with Crippen LogP contribution in [0, 0.1) is 0 Å². The molecule has 2 N–H and O–H groups in total. The van der Waals surface area contributed by atoms with Crippen molar-refractivity contribution in [2.24, 2.45) is 0 Å². The third-order valence-corrected chi connectivity index (χ3v) is 6.13. The maximum absolute atomic E-state index is 12.6. The molecule has 0 radical (unpaired) electrons. The number of aromatic nitrogens is 2. The Hall–Kier alpha value is -2.66. The van der Waals surface area contributed by atoms with E-state index in [9.17, 15) is 4.79 Å². The topological polar surface area (TPSA) is 61.0 Å². The third-order valence-electron chi connectivity index (χ3n) is 6.13. The van der Waals surface area contributed by atoms with E-state index < -0.39 is 0 Å². The zero-order chi connectivity index (χ0) is 18.3. The van der Waals surface area contributed by atoms with Crippen molar-refractivity contribution < 1.29 is 4.79 Å². The molecule has 2 aliphatic heterocycles. The fraction of sp³-hybridized carbons (Fsp3) is 0.364. The van der Waals surface area contributed by atoms with Gasteiger partial charge in [-0.3, -0.25) is 9.69 Å².